The zero-order valence-electron chi connectivity index (χ0n) is 49.3. The minimum Gasteiger partial charge on any atom is -0.276 e. The fourth-order valence-electron chi connectivity index (χ4n) is 14.7. The third-order valence-electron chi connectivity index (χ3n) is 19.1. The lowest BCUT2D eigenvalue weighted by atomic mass is 9.85. The zero-order valence-corrected chi connectivity index (χ0v) is 49.3. The first kappa shape index (κ1) is 51.0. The molecule has 0 aliphatic rings. The van der Waals surface area contributed by atoms with Crippen LogP contribution in [0.4, 0.5) is 0 Å². The van der Waals surface area contributed by atoms with Crippen LogP contribution in [0.15, 0.2) is 315 Å². The van der Waals surface area contributed by atoms with Crippen LogP contribution < -0.4 is 0 Å². The van der Waals surface area contributed by atoms with Crippen LogP contribution in [0, 0.1) is 0 Å². The second-order valence-corrected chi connectivity index (χ2v) is 24.2. The lowest BCUT2D eigenvalue weighted by molar-refractivity contribution is 1.16. The topological polar surface area (TPSA) is 43.1 Å². The molecule has 0 aliphatic carbocycles. The fraction of sp³-hybridized carbons (Fsp3) is 0. The van der Waals surface area contributed by atoms with Gasteiger partial charge in [0.15, 0.2) is 0 Å². The summed E-state index contributed by atoms with van der Waals surface area (Å²) in [6.45, 7) is 0. The second-order valence-electron chi connectivity index (χ2n) is 24.2. The largest absolute Gasteiger partial charge is 0.276 e. The number of benzene rings is 16. The Labute approximate surface area is 524 Å². The molecule has 420 valence electrons. The molecule has 19 rings (SSSR count). The van der Waals surface area contributed by atoms with Gasteiger partial charge in [-0.3, -0.25) is 4.40 Å². The molecule has 91 heavy (non-hydrogen) atoms. The first-order chi connectivity index (χ1) is 45.1. The monoisotopic (exact) mass is 1150 g/mol. The first-order valence-corrected chi connectivity index (χ1v) is 31.2. The Balaban J connectivity index is 0.664. The van der Waals surface area contributed by atoms with Gasteiger partial charge in [-0.2, -0.15) is 0 Å². The van der Waals surface area contributed by atoms with Crippen molar-refractivity contribution in [2.75, 3.05) is 0 Å². The highest BCUT2D eigenvalue weighted by molar-refractivity contribution is 6.29. The minimum absolute atomic E-state index is 0.869. The summed E-state index contributed by atoms with van der Waals surface area (Å²) in [6, 6.07) is 115. The van der Waals surface area contributed by atoms with Crippen LogP contribution in [0.2, 0.25) is 0 Å². The van der Waals surface area contributed by atoms with Crippen molar-refractivity contribution in [2.45, 2.75) is 0 Å². The van der Waals surface area contributed by atoms with Crippen LogP contribution in [-0.4, -0.2) is 19.4 Å². The molecule has 3 heterocycles. The van der Waals surface area contributed by atoms with Gasteiger partial charge in [-0.1, -0.05) is 255 Å². The van der Waals surface area contributed by atoms with Crippen molar-refractivity contribution in [3.05, 3.63) is 315 Å². The Morgan fingerprint density at radius 1 is 0.209 bits per heavy atom. The van der Waals surface area contributed by atoms with Gasteiger partial charge in [0.2, 0.25) is 0 Å². The van der Waals surface area contributed by atoms with E-state index in [0.717, 1.165) is 83.7 Å². The number of imidazole rings is 1. The van der Waals surface area contributed by atoms with Crippen LogP contribution in [0.25, 0.3) is 193 Å². The Morgan fingerprint density at radius 3 is 1.20 bits per heavy atom. The fourth-order valence-corrected chi connectivity index (χ4v) is 14.7. The predicted molar refractivity (Wildman–Crippen MR) is 382 cm³/mol. The highest BCUT2D eigenvalue weighted by atomic mass is 15.1. The lowest BCUT2D eigenvalue weighted by Crippen LogP contribution is -1.98. The highest BCUT2D eigenvalue weighted by Gasteiger charge is 2.22. The smallest absolute Gasteiger partial charge is 0.149 e. The number of para-hydroxylation sites is 3. The molecule has 3 aromatic heterocycles. The maximum atomic E-state index is 5.37. The summed E-state index contributed by atoms with van der Waals surface area (Å²) in [6.07, 6.45) is 0. The Morgan fingerprint density at radius 2 is 0.615 bits per heavy atom. The number of rotatable bonds is 9. The van der Waals surface area contributed by atoms with Gasteiger partial charge in [-0.25, -0.2) is 15.0 Å². The zero-order chi connectivity index (χ0) is 59.7. The van der Waals surface area contributed by atoms with E-state index in [9.17, 15) is 0 Å². The second kappa shape index (κ2) is 20.2. The molecule has 16 aromatic carbocycles. The lowest BCUT2D eigenvalue weighted by Gasteiger charge is -2.19. The molecule has 4 heteroatoms. The maximum Gasteiger partial charge on any atom is 0.149 e. The molecular formula is C87H52N4. The Kier molecular flexibility index (Phi) is 11.3. The maximum absolute atomic E-state index is 5.37. The predicted octanol–water partition coefficient (Wildman–Crippen LogP) is 23.2. The van der Waals surface area contributed by atoms with Crippen molar-refractivity contribution in [1.82, 2.24) is 19.4 Å². The molecule has 0 bridgehead atoms. The normalized spacial score (nSPS) is 12.0. The van der Waals surface area contributed by atoms with Crippen molar-refractivity contribution in [3.63, 3.8) is 0 Å². The number of hydrogen-bond acceptors (Lipinski definition) is 3. The highest BCUT2D eigenvalue weighted by Crippen LogP contribution is 2.47. The van der Waals surface area contributed by atoms with Gasteiger partial charge < -0.3 is 0 Å². The molecule has 0 unspecified atom stereocenters. The molecule has 0 aliphatic heterocycles. The van der Waals surface area contributed by atoms with Crippen LogP contribution in [-0.2, 0) is 0 Å². The number of fused-ring (bicyclic) bond motifs is 5. The van der Waals surface area contributed by atoms with Gasteiger partial charge in [0.05, 0.1) is 27.9 Å². The summed E-state index contributed by atoms with van der Waals surface area (Å²) >= 11 is 0. The first-order valence-electron chi connectivity index (χ1n) is 31.2. The van der Waals surface area contributed by atoms with Gasteiger partial charge in [-0.15, -0.1) is 0 Å². The summed E-state index contributed by atoms with van der Waals surface area (Å²) in [5.74, 6) is 0.869. The van der Waals surface area contributed by atoms with E-state index in [1.807, 2.05) is 12.1 Å². The summed E-state index contributed by atoms with van der Waals surface area (Å²) < 4.78 is 2.21. The molecule has 4 nitrogen and oxygen atoms in total. The molecule has 0 saturated carbocycles. The summed E-state index contributed by atoms with van der Waals surface area (Å²) in [7, 11) is 0. The van der Waals surface area contributed by atoms with E-state index < -0.39 is 0 Å². The van der Waals surface area contributed by atoms with Gasteiger partial charge in [-0.05, 0) is 192 Å². The van der Waals surface area contributed by atoms with Gasteiger partial charge in [0, 0.05) is 22.1 Å². The van der Waals surface area contributed by atoms with E-state index in [2.05, 4.69) is 308 Å². The van der Waals surface area contributed by atoms with Gasteiger partial charge >= 0.3 is 0 Å². The van der Waals surface area contributed by atoms with Crippen molar-refractivity contribution >= 4 is 92.2 Å². The average molecular weight is 1150 g/mol. The van der Waals surface area contributed by atoms with E-state index in [4.69, 9.17) is 15.0 Å². The van der Waals surface area contributed by atoms with E-state index in [1.54, 1.807) is 0 Å². The quantitative estimate of drug-likeness (QED) is 0.135. The van der Waals surface area contributed by atoms with Crippen molar-refractivity contribution in [2.24, 2.45) is 0 Å². The number of nitrogens with zero attached hydrogens (tertiary/aromatic N) is 4. The third kappa shape index (κ3) is 8.20. The van der Waals surface area contributed by atoms with Crippen LogP contribution in [0.3, 0.4) is 0 Å². The van der Waals surface area contributed by atoms with Crippen molar-refractivity contribution < 1.29 is 0 Å². The van der Waals surface area contributed by atoms with Crippen molar-refractivity contribution in [3.8, 4) is 101 Å². The van der Waals surface area contributed by atoms with E-state index >= 15 is 0 Å². The Bertz CT molecular complexity index is 6070. The molecule has 0 atom stereocenters. The summed E-state index contributed by atoms with van der Waals surface area (Å²) in [5.41, 5.74) is 23.1. The minimum atomic E-state index is 0.869. The van der Waals surface area contributed by atoms with E-state index in [1.165, 1.54) is 109 Å². The molecule has 0 fully saturated rings. The Hall–Kier alpha value is -12.1. The molecule has 19 aromatic rings. The number of hydrogen-bond donors (Lipinski definition) is 0. The third-order valence-corrected chi connectivity index (χ3v) is 19.1. The molecule has 0 amide bonds. The standard InChI is InChI=1S/C87H52N4/c1-2-13-53(14-3-1)54-29-31-55(32-30-54)75-52-76(71-48-44-62-18-9-17-61-43-47-70(75)85(71)83(61)62)66-21-10-19-64(49-66)65-20-11-22-67(50-65)78-27-12-26-77(88-78)58-37-33-56(34-38-58)73-51-74(69-46-42-60-16-8-15-59-41-45-68(73)84(69)82(59)60)57-35-39-63(40-36-57)86-89-79-24-5-4-23-72(79)87-90-80-25-6-7-28-81(80)91(86)87/h1-52H. The van der Waals surface area contributed by atoms with Gasteiger partial charge in [0.25, 0.3) is 0 Å². The van der Waals surface area contributed by atoms with Crippen LogP contribution >= 0.6 is 0 Å². The van der Waals surface area contributed by atoms with Crippen molar-refractivity contribution in [1.29, 1.82) is 0 Å². The summed E-state index contributed by atoms with van der Waals surface area (Å²) in [4.78, 5) is 15.8. The number of aromatic nitrogens is 4. The van der Waals surface area contributed by atoms with Crippen LogP contribution in [0.5, 0.6) is 0 Å². The van der Waals surface area contributed by atoms with E-state index in [0.29, 0.717) is 0 Å². The molecular weight excluding hydrogens is 1100 g/mol. The molecule has 0 spiro atoms. The molecule has 0 saturated heterocycles. The SMILES string of the molecule is c1ccc(-c2ccc(-c3cc(-c4cccc(-c5cccc(-c6cccc(-c7ccc(-c8cc(-c9ccc(-c%10nc%11ccccc%11c%11nc%12ccccc%12n%10%11)cc9)c9ccc%10cccc%11ccc8c9c%11%10)cc7)n6)c5)c4)c4ccc5cccc6ccc3c4c65)cc2)cc1. The molecule has 0 N–H and O–H groups in total. The van der Waals surface area contributed by atoms with E-state index in [-0.39, 0.29) is 0 Å². The average Bonchev–Trinajstić information content (AvgIpc) is 1.10. The summed E-state index contributed by atoms with van der Waals surface area (Å²) in [5, 5.41) is 16.2. The van der Waals surface area contributed by atoms with Crippen LogP contribution in [0.1, 0.15) is 0 Å². The number of pyridine rings is 1. The van der Waals surface area contributed by atoms with Gasteiger partial charge in [0.1, 0.15) is 11.5 Å². The molecule has 0 radical (unpaired) electrons.